The van der Waals surface area contributed by atoms with Crippen LogP contribution < -0.4 is 5.73 Å². The third kappa shape index (κ3) is 2.49. The fraction of sp³-hybridized carbons (Fsp3) is 0.200. The second-order valence-electron chi connectivity index (χ2n) is 4.44. The number of hydrogen-bond donors (Lipinski definition) is 1. The summed E-state index contributed by atoms with van der Waals surface area (Å²) in [4.78, 5) is 4.41. The van der Waals surface area contributed by atoms with Gasteiger partial charge in [0, 0.05) is 5.69 Å². The van der Waals surface area contributed by atoms with Gasteiger partial charge in [0.2, 0.25) is 0 Å². The van der Waals surface area contributed by atoms with Crippen molar-refractivity contribution < 1.29 is 4.52 Å². The first kappa shape index (κ1) is 13.0. The highest BCUT2D eigenvalue weighted by molar-refractivity contribution is 7.98. The average molecular weight is 285 g/mol. The summed E-state index contributed by atoms with van der Waals surface area (Å²) in [6.07, 6.45) is 0. The molecule has 1 aromatic heterocycles. The van der Waals surface area contributed by atoms with Gasteiger partial charge >= 0.3 is 0 Å². The molecule has 20 heavy (non-hydrogen) atoms. The number of benzene rings is 2. The molecule has 0 fully saturated rings. The zero-order valence-corrected chi connectivity index (χ0v) is 12.0. The Labute approximate surface area is 121 Å². The molecular formula is C15H15N3OS. The van der Waals surface area contributed by atoms with E-state index in [9.17, 15) is 0 Å². The Hall–Kier alpha value is -2.01. The molecule has 0 amide bonds. The van der Waals surface area contributed by atoms with Crippen LogP contribution >= 0.6 is 11.8 Å². The minimum absolute atomic E-state index is 0.486. The quantitative estimate of drug-likeness (QED) is 0.740. The highest BCUT2D eigenvalue weighted by Gasteiger charge is 2.12. The lowest BCUT2D eigenvalue weighted by Crippen LogP contribution is -1.91. The van der Waals surface area contributed by atoms with Crippen LogP contribution in [0.2, 0.25) is 0 Å². The second-order valence-corrected chi connectivity index (χ2v) is 5.71. The van der Waals surface area contributed by atoms with E-state index in [4.69, 9.17) is 10.3 Å². The number of nitrogens with two attached hydrogens (primary N) is 1. The Morgan fingerprint density at radius 3 is 2.70 bits per heavy atom. The Bertz CT molecular complexity index is 739. The van der Waals surface area contributed by atoms with Gasteiger partial charge in [-0.1, -0.05) is 36.3 Å². The zero-order valence-electron chi connectivity index (χ0n) is 11.2. The number of nitrogens with zero attached hydrogens (tertiary/aromatic N) is 2. The first-order valence-corrected chi connectivity index (χ1v) is 7.62. The first-order valence-electron chi connectivity index (χ1n) is 6.47. The SMILES string of the molecule is CCSCc1noc(-c2cc3ccccc3cc2N)n1. The van der Waals surface area contributed by atoms with Crippen LogP contribution in [0, 0.1) is 0 Å². The van der Waals surface area contributed by atoms with Crippen molar-refractivity contribution in [2.24, 2.45) is 0 Å². The van der Waals surface area contributed by atoms with Gasteiger partial charge in [-0.25, -0.2) is 0 Å². The lowest BCUT2D eigenvalue weighted by atomic mass is 10.1. The Balaban J connectivity index is 2.00. The second kappa shape index (κ2) is 5.54. The van der Waals surface area contributed by atoms with Crippen molar-refractivity contribution in [2.75, 3.05) is 11.5 Å². The standard InChI is InChI=1S/C15H15N3OS/c1-2-20-9-14-17-15(19-18-14)12-7-10-5-3-4-6-11(10)8-13(12)16/h3-8H,2,9,16H2,1H3. The largest absolute Gasteiger partial charge is 0.398 e. The van der Waals surface area contributed by atoms with Gasteiger partial charge < -0.3 is 10.3 Å². The Morgan fingerprint density at radius 1 is 1.20 bits per heavy atom. The van der Waals surface area contributed by atoms with Gasteiger partial charge in [0.05, 0.1) is 11.3 Å². The number of rotatable bonds is 4. The predicted molar refractivity (Wildman–Crippen MR) is 83.5 cm³/mol. The van der Waals surface area contributed by atoms with Crippen LogP contribution in [0.4, 0.5) is 5.69 Å². The number of aromatic nitrogens is 2. The third-order valence-corrected chi connectivity index (χ3v) is 3.92. The molecular weight excluding hydrogens is 270 g/mol. The van der Waals surface area contributed by atoms with E-state index in [1.807, 2.05) is 36.4 Å². The number of fused-ring (bicyclic) bond motifs is 1. The van der Waals surface area contributed by atoms with E-state index in [1.165, 1.54) is 0 Å². The molecule has 0 saturated carbocycles. The van der Waals surface area contributed by atoms with Crippen LogP contribution in [0.3, 0.4) is 0 Å². The van der Waals surface area contributed by atoms with Crippen molar-refractivity contribution in [1.82, 2.24) is 10.1 Å². The summed E-state index contributed by atoms with van der Waals surface area (Å²) in [5.74, 6) is 2.98. The fourth-order valence-corrected chi connectivity index (χ4v) is 2.56. The van der Waals surface area contributed by atoms with Gasteiger partial charge in [0.25, 0.3) is 5.89 Å². The molecule has 0 spiro atoms. The first-order chi connectivity index (χ1) is 9.78. The summed E-state index contributed by atoms with van der Waals surface area (Å²) in [5.41, 5.74) is 7.55. The van der Waals surface area contributed by atoms with E-state index in [-0.39, 0.29) is 0 Å². The number of hydrogen-bond acceptors (Lipinski definition) is 5. The maximum Gasteiger partial charge on any atom is 0.260 e. The van der Waals surface area contributed by atoms with Crippen molar-refractivity contribution in [3.05, 3.63) is 42.2 Å². The Kier molecular flexibility index (Phi) is 3.60. The van der Waals surface area contributed by atoms with Crippen LogP contribution in [0.25, 0.3) is 22.2 Å². The summed E-state index contributed by atoms with van der Waals surface area (Å²) in [7, 11) is 0. The molecule has 3 aromatic rings. The van der Waals surface area contributed by atoms with Gasteiger partial charge in [-0.2, -0.15) is 16.7 Å². The van der Waals surface area contributed by atoms with Gasteiger partial charge in [0.15, 0.2) is 5.82 Å². The molecule has 0 aliphatic heterocycles. The van der Waals surface area contributed by atoms with Crippen molar-refractivity contribution in [3.63, 3.8) is 0 Å². The van der Waals surface area contributed by atoms with E-state index in [2.05, 4.69) is 17.1 Å². The van der Waals surface area contributed by atoms with Crippen molar-refractivity contribution in [1.29, 1.82) is 0 Å². The van der Waals surface area contributed by atoms with E-state index in [0.717, 1.165) is 27.8 Å². The van der Waals surface area contributed by atoms with E-state index in [0.29, 0.717) is 17.4 Å². The summed E-state index contributed by atoms with van der Waals surface area (Å²) < 4.78 is 5.32. The zero-order chi connectivity index (χ0) is 13.9. The maximum absolute atomic E-state index is 6.10. The lowest BCUT2D eigenvalue weighted by Gasteiger charge is -2.04. The van der Waals surface area contributed by atoms with E-state index < -0.39 is 0 Å². The van der Waals surface area contributed by atoms with Gasteiger partial charge in [-0.3, -0.25) is 0 Å². The highest BCUT2D eigenvalue weighted by Crippen LogP contribution is 2.29. The summed E-state index contributed by atoms with van der Waals surface area (Å²) >= 11 is 1.76. The molecule has 3 rings (SSSR count). The normalized spacial score (nSPS) is 11.1. The van der Waals surface area contributed by atoms with Crippen LogP contribution in [0.15, 0.2) is 40.9 Å². The summed E-state index contributed by atoms with van der Waals surface area (Å²) in [6.45, 7) is 2.10. The van der Waals surface area contributed by atoms with Crippen LogP contribution in [0.1, 0.15) is 12.7 Å². The monoisotopic (exact) mass is 285 g/mol. The van der Waals surface area contributed by atoms with E-state index in [1.54, 1.807) is 11.8 Å². The smallest absolute Gasteiger partial charge is 0.260 e. The van der Waals surface area contributed by atoms with Crippen molar-refractivity contribution >= 4 is 28.2 Å². The average Bonchev–Trinajstić information content (AvgIpc) is 2.93. The maximum atomic E-state index is 6.10. The molecule has 0 bridgehead atoms. The van der Waals surface area contributed by atoms with E-state index >= 15 is 0 Å². The number of thioether (sulfide) groups is 1. The fourth-order valence-electron chi connectivity index (χ4n) is 2.06. The Morgan fingerprint density at radius 2 is 1.95 bits per heavy atom. The molecule has 0 unspecified atom stereocenters. The molecule has 2 aromatic carbocycles. The van der Waals surface area contributed by atoms with Crippen LogP contribution in [0.5, 0.6) is 0 Å². The molecule has 2 N–H and O–H groups in total. The molecule has 0 radical (unpaired) electrons. The highest BCUT2D eigenvalue weighted by atomic mass is 32.2. The molecule has 0 saturated heterocycles. The van der Waals surface area contributed by atoms with Gasteiger partial charge in [-0.15, -0.1) is 0 Å². The minimum atomic E-state index is 0.486. The van der Waals surface area contributed by atoms with Gasteiger partial charge in [0.1, 0.15) is 0 Å². The molecule has 0 aliphatic rings. The topological polar surface area (TPSA) is 64.9 Å². The van der Waals surface area contributed by atoms with Crippen LogP contribution in [-0.2, 0) is 5.75 Å². The van der Waals surface area contributed by atoms with Crippen molar-refractivity contribution in [2.45, 2.75) is 12.7 Å². The molecule has 102 valence electrons. The summed E-state index contributed by atoms with van der Waals surface area (Å²) in [5, 5.41) is 6.21. The summed E-state index contributed by atoms with van der Waals surface area (Å²) in [6, 6.07) is 12.0. The predicted octanol–water partition coefficient (Wildman–Crippen LogP) is 3.73. The molecule has 5 heteroatoms. The number of anilines is 1. The lowest BCUT2D eigenvalue weighted by molar-refractivity contribution is 0.425. The van der Waals surface area contributed by atoms with Crippen LogP contribution in [-0.4, -0.2) is 15.9 Å². The number of nitrogen functional groups attached to an aromatic ring is 1. The van der Waals surface area contributed by atoms with Crippen molar-refractivity contribution in [3.8, 4) is 11.5 Å². The molecule has 1 heterocycles. The van der Waals surface area contributed by atoms with Gasteiger partial charge in [-0.05, 0) is 28.7 Å². The minimum Gasteiger partial charge on any atom is -0.398 e. The third-order valence-electron chi connectivity index (χ3n) is 3.05. The molecule has 4 nitrogen and oxygen atoms in total. The molecule has 0 aliphatic carbocycles. The molecule has 0 atom stereocenters.